The van der Waals surface area contributed by atoms with Crippen molar-refractivity contribution >= 4 is 34.8 Å². The van der Waals surface area contributed by atoms with E-state index in [4.69, 9.17) is 28.6 Å². The quantitative estimate of drug-likeness (QED) is 0.296. The highest BCUT2D eigenvalue weighted by Crippen LogP contribution is 2.17. The van der Waals surface area contributed by atoms with E-state index in [0.717, 1.165) is 30.8 Å². The maximum absolute atomic E-state index is 12.2. The van der Waals surface area contributed by atoms with Crippen LogP contribution in [0, 0.1) is 0 Å². The fourth-order valence-corrected chi connectivity index (χ4v) is 2.60. The van der Waals surface area contributed by atoms with Gasteiger partial charge in [-0.25, -0.2) is 0 Å². The number of carbonyl (C=O) groups is 1. The number of rotatable bonds is 8. The molecule has 0 fully saturated rings. The van der Waals surface area contributed by atoms with Crippen LogP contribution in [0.4, 0.5) is 0 Å². The summed E-state index contributed by atoms with van der Waals surface area (Å²) in [5.74, 6) is 0.482. The monoisotopic (exact) mass is 421 g/mol. The van der Waals surface area contributed by atoms with Crippen molar-refractivity contribution in [3.63, 3.8) is 0 Å². The first-order valence-corrected chi connectivity index (χ1v) is 9.83. The number of amides is 1. The predicted molar refractivity (Wildman–Crippen MR) is 116 cm³/mol. The van der Waals surface area contributed by atoms with Crippen LogP contribution >= 0.6 is 23.8 Å². The fraction of sp³-hybridized carbons (Fsp3) is 0.300. The van der Waals surface area contributed by atoms with Crippen LogP contribution in [-0.4, -0.2) is 38.2 Å². The van der Waals surface area contributed by atoms with E-state index in [0.29, 0.717) is 22.3 Å². The molecule has 0 unspecified atom stereocenters. The molecule has 150 valence electrons. The van der Waals surface area contributed by atoms with Crippen LogP contribution in [0.5, 0.6) is 5.75 Å². The van der Waals surface area contributed by atoms with Gasteiger partial charge in [0.2, 0.25) is 0 Å². The molecule has 2 rings (SSSR count). The molecule has 2 aromatic rings. The zero-order valence-corrected chi connectivity index (χ0v) is 17.6. The van der Waals surface area contributed by atoms with Crippen molar-refractivity contribution in [3.05, 3.63) is 64.7 Å². The molecule has 1 amide bonds. The second-order valence-electron chi connectivity index (χ2n) is 6.59. The number of benzene rings is 2. The Hall–Kier alpha value is -2.35. The average molecular weight is 422 g/mol. The van der Waals surface area contributed by atoms with Gasteiger partial charge in [0.25, 0.3) is 5.91 Å². The number of ether oxygens (including phenoxy) is 1. The van der Waals surface area contributed by atoms with Gasteiger partial charge >= 0.3 is 0 Å². The Morgan fingerprint density at radius 2 is 1.75 bits per heavy atom. The Morgan fingerprint density at radius 3 is 2.39 bits per heavy atom. The Morgan fingerprint density at radius 1 is 1.07 bits per heavy atom. The van der Waals surface area contributed by atoms with E-state index in [2.05, 4.69) is 30.3 Å². The fourth-order valence-electron chi connectivity index (χ4n) is 2.32. The van der Waals surface area contributed by atoms with Gasteiger partial charge in [-0.15, -0.1) is 0 Å². The summed E-state index contributed by atoms with van der Waals surface area (Å²) in [5.41, 5.74) is 6.79. The van der Waals surface area contributed by atoms with Crippen molar-refractivity contribution in [2.75, 3.05) is 27.2 Å². The third-order valence-corrected chi connectivity index (χ3v) is 4.36. The predicted octanol–water partition coefficient (Wildman–Crippen LogP) is 1.56. The lowest BCUT2D eigenvalue weighted by atomic mass is 10.1. The zero-order valence-electron chi connectivity index (χ0n) is 16.0. The van der Waals surface area contributed by atoms with Gasteiger partial charge in [-0.1, -0.05) is 23.7 Å². The van der Waals surface area contributed by atoms with E-state index in [1.165, 1.54) is 4.90 Å². The summed E-state index contributed by atoms with van der Waals surface area (Å²) in [5, 5.41) is 4.12. The first kappa shape index (κ1) is 21.9. The molecule has 6 nitrogen and oxygen atoms in total. The Labute approximate surface area is 176 Å². The van der Waals surface area contributed by atoms with Crippen LogP contribution in [0.25, 0.3) is 0 Å². The van der Waals surface area contributed by atoms with Gasteiger partial charge in [0.05, 0.1) is 20.6 Å². The number of hydrogen-bond acceptors (Lipinski definition) is 3. The molecule has 4 N–H and O–H groups in total. The molecule has 0 saturated heterocycles. The SMILES string of the molecule is C[NH+](C)CCCNC(=S)NNC(=O)c1ccc(COc2ccc(Cl)cc2)cc1. The summed E-state index contributed by atoms with van der Waals surface area (Å²) in [6.45, 7) is 2.22. The number of nitrogens with one attached hydrogen (secondary N) is 4. The highest BCUT2D eigenvalue weighted by Gasteiger charge is 2.06. The minimum Gasteiger partial charge on any atom is -0.489 e. The molecule has 0 spiro atoms. The van der Waals surface area contributed by atoms with E-state index >= 15 is 0 Å². The number of quaternary nitrogens is 1. The third kappa shape index (κ3) is 8.12. The van der Waals surface area contributed by atoms with Gasteiger partial charge in [0.1, 0.15) is 12.4 Å². The van der Waals surface area contributed by atoms with Gasteiger partial charge < -0.3 is 15.0 Å². The molecular weight excluding hydrogens is 396 g/mol. The molecule has 2 aromatic carbocycles. The topological polar surface area (TPSA) is 66.8 Å². The number of hydrogen-bond donors (Lipinski definition) is 4. The van der Waals surface area contributed by atoms with Crippen LogP contribution in [0.3, 0.4) is 0 Å². The zero-order chi connectivity index (χ0) is 20.4. The molecule has 28 heavy (non-hydrogen) atoms. The van der Waals surface area contributed by atoms with Crippen molar-refractivity contribution in [1.29, 1.82) is 0 Å². The largest absolute Gasteiger partial charge is 0.489 e. The molecule has 0 aliphatic carbocycles. The second kappa shape index (κ2) is 11.5. The molecule has 8 heteroatoms. The molecule has 0 atom stereocenters. The Balaban J connectivity index is 1.72. The van der Waals surface area contributed by atoms with Crippen molar-refractivity contribution in [2.45, 2.75) is 13.0 Å². The summed E-state index contributed by atoms with van der Waals surface area (Å²) in [6, 6.07) is 14.4. The molecule has 0 saturated carbocycles. The Kier molecular flexibility index (Phi) is 9.00. The number of carbonyl (C=O) groups excluding carboxylic acids is 1. The van der Waals surface area contributed by atoms with Crippen LogP contribution in [0.15, 0.2) is 48.5 Å². The number of thiocarbonyl (C=S) groups is 1. The lowest BCUT2D eigenvalue weighted by Gasteiger charge is -2.12. The summed E-state index contributed by atoms with van der Waals surface area (Å²) < 4.78 is 5.69. The van der Waals surface area contributed by atoms with Crippen molar-refractivity contribution in [3.8, 4) is 5.75 Å². The summed E-state index contributed by atoms with van der Waals surface area (Å²) in [6.07, 6.45) is 0.998. The minimum atomic E-state index is -0.257. The van der Waals surface area contributed by atoms with E-state index in [9.17, 15) is 4.79 Å². The van der Waals surface area contributed by atoms with Gasteiger partial charge in [-0.3, -0.25) is 15.6 Å². The first-order valence-electron chi connectivity index (χ1n) is 9.04. The minimum absolute atomic E-state index is 0.257. The molecule has 0 aliphatic heterocycles. The first-order chi connectivity index (χ1) is 13.4. The van der Waals surface area contributed by atoms with Crippen molar-refractivity contribution < 1.29 is 14.4 Å². The van der Waals surface area contributed by atoms with E-state index < -0.39 is 0 Å². The van der Waals surface area contributed by atoms with Gasteiger partial charge in [0.15, 0.2) is 5.11 Å². The highest BCUT2D eigenvalue weighted by atomic mass is 35.5. The van der Waals surface area contributed by atoms with Crippen LogP contribution in [-0.2, 0) is 6.61 Å². The summed E-state index contributed by atoms with van der Waals surface area (Å²) in [4.78, 5) is 13.6. The van der Waals surface area contributed by atoms with Gasteiger partial charge in [-0.05, 0) is 54.2 Å². The standard InChI is InChI=1S/C20H25ClN4O2S/c1-25(2)13-3-12-22-20(28)24-23-19(26)16-6-4-15(5-7-16)14-27-18-10-8-17(21)9-11-18/h4-11H,3,12-14H2,1-2H3,(H,23,26)(H2,22,24,28)/p+1. The van der Waals surface area contributed by atoms with E-state index in [-0.39, 0.29) is 5.91 Å². The molecule has 0 aliphatic rings. The second-order valence-corrected chi connectivity index (χ2v) is 7.43. The average Bonchev–Trinajstić information content (AvgIpc) is 2.69. The molecule has 0 aromatic heterocycles. The maximum Gasteiger partial charge on any atom is 0.269 e. The maximum atomic E-state index is 12.2. The molecule has 0 heterocycles. The van der Waals surface area contributed by atoms with Crippen molar-refractivity contribution in [1.82, 2.24) is 16.2 Å². The lowest BCUT2D eigenvalue weighted by molar-refractivity contribution is -0.858. The molecular formula is C20H26ClN4O2S+. The smallest absolute Gasteiger partial charge is 0.269 e. The number of hydrazine groups is 1. The van der Waals surface area contributed by atoms with Crippen LogP contribution in [0.2, 0.25) is 5.02 Å². The van der Waals surface area contributed by atoms with Gasteiger partial charge in [-0.2, -0.15) is 0 Å². The van der Waals surface area contributed by atoms with E-state index in [1.54, 1.807) is 24.3 Å². The summed E-state index contributed by atoms with van der Waals surface area (Å²) >= 11 is 11.0. The third-order valence-electron chi connectivity index (χ3n) is 3.86. The molecule has 0 bridgehead atoms. The highest BCUT2D eigenvalue weighted by molar-refractivity contribution is 7.80. The van der Waals surface area contributed by atoms with Crippen molar-refractivity contribution in [2.24, 2.45) is 0 Å². The lowest BCUT2D eigenvalue weighted by Crippen LogP contribution is -3.05. The Bertz CT molecular complexity index is 767. The normalized spacial score (nSPS) is 10.4. The van der Waals surface area contributed by atoms with Crippen LogP contribution in [0.1, 0.15) is 22.3 Å². The molecule has 0 radical (unpaired) electrons. The number of halogens is 1. The van der Waals surface area contributed by atoms with Gasteiger partial charge in [0, 0.05) is 23.6 Å². The summed E-state index contributed by atoms with van der Waals surface area (Å²) in [7, 11) is 4.21. The van der Waals surface area contributed by atoms with Crippen LogP contribution < -0.4 is 25.8 Å². The van der Waals surface area contributed by atoms with E-state index in [1.807, 2.05) is 24.3 Å².